The second-order valence-electron chi connectivity index (χ2n) is 3.66. The van der Waals surface area contributed by atoms with Gasteiger partial charge in [-0.3, -0.25) is 0 Å². The van der Waals surface area contributed by atoms with Crippen molar-refractivity contribution in [2.75, 3.05) is 6.61 Å². The largest absolute Gasteiger partial charge is 0.397 e. The molecule has 1 nitrogen and oxygen atoms in total. The quantitative estimate of drug-likeness (QED) is 0.624. The third kappa shape index (κ3) is 3.37. The number of rotatable bonds is 4. The Balaban J connectivity index is 3.73. The summed E-state index contributed by atoms with van der Waals surface area (Å²) in [7, 11) is -0.630. The van der Waals surface area contributed by atoms with Gasteiger partial charge in [-0.05, 0) is 6.04 Å². The molecule has 0 bridgehead atoms. The minimum Gasteiger partial charge on any atom is -0.397 e. The molecule has 0 amide bonds. The molecular formula is C8H20OSi. The van der Waals surface area contributed by atoms with Crippen LogP contribution in [-0.2, 0) is 0 Å². The summed E-state index contributed by atoms with van der Waals surface area (Å²) in [6.45, 7) is 9.53. The van der Waals surface area contributed by atoms with Crippen molar-refractivity contribution in [2.45, 2.75) is 44.8 Å². The van der Waals surface area contributed by atoms with Crippen LogP contribution in [0, 0.1) is 0 Å². The third-order valence-corrected chi connectivity index (χ3v) is 6.53. The van der Waals surface area contributed by atoms with E-state index in [2.05, 4.69) is 27.7 Å². The van der Waals surface area contributed by atoms with Crippen LogP contribution < -0.4 is 0 Å². The van der Waals surface area contributed by atoms with E-state index in [1.165, 1.54) is 0 Å². The lowest BCUT2D eigenvalue weighted by Crippen LogP contribution is -2.21. The highest BCUT2D eigenvalue weighted by Crippen LogP contribution is 2.22. The molecule has 0 aromatic rings. The Bertz CT molecular complexity index is 73.3. The van der Waals surface area contributed by atoms with Crippen LogP contribution in [0.5, 0.6) is 0 Å². The summed E-state index contributed by atoms with van der Waals surface area (Å²) in [5, 5.41) is 8.77. The molecule has 62 valence electrons. The Labute approximate surface area is 66.1 Å². The van der Waals surface area contributed by atoms with Gasteiger partial charge in [-0.25, -0.2) is 0 Å². The highest BCUT2D eigenvalue weighted by atomic mass is 28.3. The number of hydrogen-bond donors (Lipinski definition) is 1. The minimum absolute atomic E-state index is 0.396. The standard InChI is InChI=1S/C8H20OSi/c1-7(2)10(6-5-9)8(3)4/h7-10H,5-6H2,1-4H3. The molecule has 0 spiro atoms. The van der Waals surface area contributed by atoms with Gasteiger partial charge in [0.05, 0.1) is 0 Å². The maximum atomic E-state index is 8.77. The average molecular weight is 160 g/mol. The van der Waals surface area contributed by atoms with Crippen molar-refractivity contribution < 1.29 is 5.11 Å². The second-order valence-corrected chi connectivity index (χ2v) is 8.24. The van der Waals surface area contributed by atoms with E-state index >= 15 is 0 Å². The van der Waals surface area contributed by atoms with Crippen LogP contribution in [0.25, 0.3) is 0 Å². The third-order valence-electron chi connectivity index (χ3n) is 2.18. The molecule has 0 fully saturated rings. The Kier molecular flexibility index (Phi) is 5.00. The molecule has 0 aliphatic rings. The summed E-state index contributed by atoms with van der Waals surface area (Å²) in [5.74, 6) is 0. The van der Waals surface area contributed by atoms with Crippen LogP contribution >= 0.6 is 0 Å². The Hall–Kier alpha value is 0.177. The average Bonchev–Trinajstić information content (AvgIpc) is 1.81. The van der Waals surface area contributed by atoms with Crippen molar-refractivity contribution in [3.8, 4) is 0 Å². The van der Waals surface area contributed by atoms with Gasteiger partial charge in [0.1, 0.15) is 0 Å². The lowest BCUT2D eigenvalue weighted by atomic mass is 10.5. The zero-order valence-electron chi connectivity index (χ0n) is 7.59. The van der Waals surface area contributed by atoms with Gasteiger partial charge in [-0.15, -0.1) is 0 Å². The first-order chi connectivity index (χ1) is 4.59. The number of aliphatic hydroxyl groups excluding tert-OH is 1. The molecule has 0 atom stereocenters. The van der Waals surface area contributed by atoms with E-state index in [0.29, 0.717) is 6.61 Å². The van der Waals surface area contributed by atoms with Crippen molar-refractivity contribution in [2.24, 2.45) is 0 Å². The summed E-state index contributed by atoms with van der Waals surface area (Å²) in [5.41, 5.74) is 1.68. The molecule has 0 aliphatic carbocycles. The number of aliphatic hydroxyl groups is 1. The zero-order chi connectivity index (χ0) is 8.15. The van der Waals surface area contributed by atoms with Gasteiger partial charge in [-0.1, -0.05) is 38.8 Å². The number of hydrogen-bond acceptors (Lipinski definition) is 1. The van der Waals surface area contributed by atoms with Crippen molar-refractivity contribution >= 4 is 8.80 Å². The van der Waals surface area contributed by atoms with Crippen molar-refractivity contribution in [3.63, 3.8) is 0 Å². The van der Waals surface area contributed by atoms with Crippen LogP contribution in [0.1, 0.15) is 27.7 Å². The molecule has 2 heteroatoms. The van der Waals surface area contributed by atoms with E-state index in [-0.39, 0.29) is 0 Å². The van der Waals surface area contributed by atoms with Gasteiger partial charge in [0.2, 0.25) is 0 Å². The van der Waals surface area contributed by atoms with Crippen molar-refractivity contribution in [1.29, 1.82) is 0 Å². The van der Waals surface area contributed by atoms with Crippen LogP contribution in [0.2, 0.25) is 17.1 Å². The maximum absolute atomic E-state index is 8.77. The fraction of sp³-hybridized carbons (Fsp3) is 1.00. The summed E-state index contributed by atoms with van der Waals surface area (Å²) in [6.07, 6.45) is 0. The Morgan fingerprint density at radius 1 is 1.10 bits per heavy atom. The highest BCUT2D eigenvalue weighted by Gasteiger charge is 2.17. The van der Waals surface area contributed by atoms with Gasteiger partial charge < -0.3 is 5.11 Å². The molecule has 0 aromatic heterocycles. The molecule has 0 unspecified atom stereocenters. The molecule has 0 rings (SSSR count). The van der Waals surface area contributed by atoms with Gasteiger partial charge in [-0.2, -0.15) is 0 Å². The first kappa shape index (κ1) is 10.2. The maximum Gasteiger partial charge on any atom is 0.0442 e. The van der Waals surface area contributed by atoms with Crippen LogP contribution in [-0.4, -0.2) is 20.5 Å². The van der Waals surface area contributed by atoms with Gasteiger partial charge >= 0.3 is 0 Å². The molecule has 0 saturated carbocycles. The topological polar surface area (TPSA) is 20.2 Å². The van der Waals surface area contributed by atoms with Gasteiger partial charge in [0.25, 0.3) is 0 Å². The van der Waals surface area contributed by atoms with Crippen molar-refractivity contribution in [3.05, 3.63) is 0 Å². The fourth-order valence-electron chi connectivity index (χ4n) is 1.59. The summed E-state index contributed by atoms with van der Waals surface area (Å²) >= 11 is 0. The first-order valence-electron chi connectivity index (χ1n) is 4.20. The summed E-state index contributed by atoms with van der Waals surface area (Å²) in [6, 6.07) is 1.09. The van der Waals surface area contributed by atoms with Crippen LogP contribution in [0.4, 0.5) is 0 Å². The zero-order valence-corrected chi connectivity index (χ0v) is 8.75. The normalized spacial score (nSPS) is 12.0. The second kappa shape index (κ2) is 4.91. The first-order valence-corrected chi connectivity index (χ1v) is 6.35. The monoisotopic (exact) mass is 160 g/mol. The van der Waals surface area contributed by atoms with Crippen molar-refractivity contribution in [1.82, 2.24) is 0 Å². The molecular weight excluding hydrogens is 140 g/mol. The lowest BCUT2D eigenvalue weighted by Gasteiger charge is -2.21. The van der Waals surface area contributed by atoms with Gasteiger partial charge in [0.15, 0.2) is 0 Å². The minimum atomic E-state index is -0.630. The molecule has 0 heterocycles. The molecule has 0 aliphatic heterocycles. The predicted octanol–water partition coefficient (Wildman–Crippen LogP) is 2.03. The predicted molar refractivity (Wildman–Crippen MR) is 49.2 cm³/mol. The fourth-order valence-corrected chi connectivity index (χ4v) is 4.76. The lowest BCUT2D eigenvalue weighted by molar-refractivity contribution is 0.316. The summed E-state index contributed by atoms with van der Waals surface area (Å²) < 4.78 is 0. The Morgan fingerprint density at radius 2 is 1.50 bits per heavy atom. The van der Waals surface area contributed by atoms with Crippen LogP contribution in [0.3, 0.4) is 0 Å². The Morgan fingerprint density at radius 3 is 1.60 bits per heavy atom. The smallest absolute Gasteiger partial charge is 0.0442 e. The van der Waals surface area contributed by atoms with Gasteiger partial charge in [0, 0.05) is 15.4 Å². The van der Waals surface area contributed by atoms with E-state index in [0.717, 1.165) is 17.1 Å². The van der Waals surface area contributed by atoms with E-state index in [1.54, 1.807) is 0 Å². The van der Waals surface area contributed by atoms with Crippen LogP contribution in [0.15, 0.2) is 0 Å². The highest BCUT2D eigenvalue weighted by molar-refractivity contribution is 6.61. The molecule has 10 heavy (non-hydrogen) atoms. The molecule has 1 N–H and O–H groups in total. The SMILES string of the molecule is CC(C)[SiH](CCO)C(C)C. The molecule has 0 radical (unpaired) electrons. The molecule has 0 aromatic carbocycles. The van der Waals surface area contributed by atoms with E-state index in [1.807, 2.05) is 0 Å². The molecule has 0 saturated heterocycles. The van der Waals surface area contributed by atoms with E-state index in [4.69, 9.17) is 5.11 Å². The summed E-state index contributed by atoms with van der Waals surface area (Å²) in [4.78, 5) is 0. The van der Waals surface area contributed by atoms with E-state index < -0.39 is 8.80 Å². The van der Waals surface area contributed by atoms with E-state index in [9.17, 15) is 0 Å².